The average molecular weight is 277 g/mol. The minimum Gasteiger partial charge on any atom is -0.370 e. The van der Waals surface area contributed by atoms with Gasteiger partial charge in [-0.3, -0.25) is 4.79 Å². The van der Waals surface area contributed by atoms with E-state index in [2.05, 4.69) is 38.0 Å². The lowest BCUT2D eigenvalue weighted by Gasteiger charge is -2.21. The van der Waals surface area contributed by atoms with E-state index >= 15 is 0 Å². The van der Waals surface area contributed by atoms with Crippen LogP contribution in [0.5, 0.6) is 0 Å². The fourth-order valence-corrected chi connectivity index (χ4v) is 1.75. The van der Waals surface area contributed by atoms with Crippen LogP contribution in [0.2, 0.25) is 0 Å². The third-order valence-electron chi connectivity index (χ3n) is 3.22. The van der Waals surface area contributed by atoms with Gasteiger partial charge in [-0.05, 0) is 25.5 Å². The molecule has 4 heteroatoms. The molecule has 0 saturated carbocycles. The summed E-state index contributed by atoms with van der Waals surface area (Å²) in [5, 5.41) is 3.28. The maximum atomic E-state index is 12.4. The fourth-order valence-electron chi connectivity index (χ4n) is 1.75. The third-order valence-corrected chi connectivity index (χ3v) is 3.22. The highest BCUT2D eigenvalue weighted by Gasteiger charge is 2.20. The topological polar surface area (TPSA) is 45.2 Å². The molecular weight excluding hydrogens is 250 g/mol. The van der Waals surface area contributed by atoms with E-state index < -0.39 is 0 Å². The van der Waals surface area contributed by atoms with E-state index in [0.717, 1.165) is 24.5 Å². The number of carbonyl (C=O) groups is 1. The number of carbonyl (C=O) groups excluding carboxylic acids is 1. The Balaban J connectivity index is 3.19. The van der Waals surface area contributed by atoms with Gasteiger partial charge >= 0.3 is 0 Å². The van der Waals surface area contributed by atoms with Crippen molar-refractivity contribution < 1.29 is 4.79 Å². The van der Waals surface area contributed by atoms with Gasteiger partial charge in [-0.25, -0.2) is 4.98 Å². The summed E-state index contributed by atoms with van der Waals surface area (Å²) in [5.41, 5.74) is 1.56. The van der Waals surface area contributed by atoms with E-state index in [9.17, 15) is 4.79 Å². The number of hydrogen-bond donors (Lipinski definition) is 1. The molecule has 0 saturated heterocycles. The van der Waals surface area contributed by atoms with Crippen LogP contribution in [-0.4, -0.2) is 35.9 Å². The number of nitrogens with one attached hydrogen (secondary N) is 1. The van der Waals surface area contributed by atoms with Crippen molar-refractivity contribution in [2.45, 2.75) is 46.5 Å². The molecular formula is C16H27N3O. The van der Waals surface area contributed by atoms with E-state index in [1.807, 2.05) is 26.1 Å². The Hall–Kier alpha value is -1.58. The van der Waals surface area contributed by atoms with Crippen molar-refractivity contribution in [1.82, 2.24) is 9.88 Å². The molecule has 0 fully saturated rings. The first-order valence-corrected chi connectivity index (χ1v) is 7.31. The highest BCUT2D eigenvalue weighted by Crippen LogP contribution is 2.24. The lowest BCUT2D eigenvalue weighted by atomic mass is 9.90. The Morgan fingerprint density at radius 2 is 1.95 bits per heavy atom. The molecule has 112 valence electrons. The second-order valence-electron chi connectivity index (χ2n) is 6.12. The number of hydrogen-bond acceptors (Lipinski definition) is 3. The summed E-state index contributed by atoms with van der Waals surface area (Å²) in [6.45, 7) is 12.0. The van der Waals surface area contributed by atoms with Gasteiger partial charge in [0.05, 0.1) is 0 Å². The van der Waals surface area contributed by atoms with Gasteiger partial charge in [-0.15, -0.1) is 0 Å². The Bertz CT molecular complexity index is 463. The van der Waals surface area contributed by atoms with Gasteiger partial charge in [-0.1, -0.05) is 27.7 Å². The molecule has 1 aromatic rings. The predicted molar refractivity (Wildman–Crippen MR) is 84.4 cm³/mol. The maximum absolute atomic E-state index is 12.4. The molecule has 4 nitrogen and oxygen atoms in total. The molecule has 0 radical (unpaired) electrons. The van der Waals surface area contributed by atoms with E-state index in [1.165, 1.54) is 0 Å². The highest BCUT2D eigenvalue weighted by molar-refractivity contribution is 5.94. The van der Waals surface area contributed by atoms with Crippen LogP contribution in [0.25, 0.3) is 0 Å². The van der Waals surface area contributed by atoms with Crippen molar-refractivity contribution in [2.24, 2.45) is 0 Å². The molecule has 1 aromatic heterocycles. The summed E-state index contributed by atoms with van der Waals surface area (Å²) >= 11 is 0. The minimum atomic E-state index is -0.0796. The zero-order valence-electron chi connectivity index (χ0n) is 13.6. The lowest BCUT2D eigenvalue weighted by molar-refractivity contribution is 0.0802. The second-order valence-corrected chi connectivity index (χ2v) is 6.12. The van der Waals surface area contributed by atoms with Crippen LogP contribution in [0.15, 0.2) is 12.1 Å². The van der Waals surface area contributed by atoms with E-state index in [-0.39, 0.29) is 11.3 Å². The van der Waals surface area contributed by atoms with Crippen molar-refractivity contribution in [3.05, 3.63) is 23.4 Å². The Morgan fingerprint density at radius 3 is 2.45 bits per heavy atom. The van der Waals surface area contributed by atoms with Gasteiger partial charge in [-0.2, -0.15) is 0 Å². The molecule has 20 heavy (non-hydrogen) atoms. The van der Waals surface area contributed by atoms with Gasteiger partial charge in [0.1, 0.15) is 5.82 Å². The van der Waals surface area contributed by atoms with Crippen LogP contribution in [0.4, 0.5) is 5.82 Å². The van der Waals surface area contributed by atoms with Crippen LogP contribution in [0, 0.1) is 0 Å². The van der Waals surface area contributed by atoms with Gasteiger partial charge in [0.15, 0.2) is 0 Å². The van der Waals surface area contributed by atoms with Crippen LogP contribution >= 0.6 is 0 Å². The largest absolute Gasteiger partial charge is 0.370 e. The highest BCUT2D eigenvalue weighted by atomic mass is 16.2. The first-order chi connectivity index (χ1) is 9.29. The van der Waals surface area contributed by atoms with Crippen molar-refractivity contribution in [2.75, 3.05) is 25.5 Å². The summed E-state index contributed by atoms with van der Waals surface area (Å²) in [5.74, 6) is 0.826. The maximum Gasteiger partial charge on any atom is 0.253 e. The summed E-state index contributed by atoms with van der Waals surface area (Å²) in [7, 11) is 1.82. The SMILES string of the molecule is CCCNc1cc(C(=O)N(C)CC)cc(C(C)(C)C)n1. The zero-order chi connectivity index (χ0) is 15.3. The van der Waals surface area contributed by atoms with E-state index in [1.54, 1.807) is 4.90 Å². The van der Waals surface area contributed by atoms with Crippen molar-refractivity contribution in [1.29, 1.82) is 0 Å². The Morgan fingerprint density at radius 1 is 1.30 bits per heavy atom. The fraction of sp³-hybridized carbons (Fsp3) is 0.625. The molecule has 1 heterocycles. The summed E-state index contributed by atoms with van der Waals surface area (Å²) in [4.78, 5) is 18.7. The van der Waals surface area contributed by atoms with Gasteiger partial charge in [0, 0.05) is 36.8 Å². The molecule has 0 bridgehead atoms. The quantitative estimate of drug-likeness (QED) is 0.898. The molecule has 0 unspecified atom stereocenters. The van der Waals surface area contributed by atoms with Crippen LogP contribution in [0.3, 0.4) is 0 Å². The second kappa shape index (κ2) is 6.73. The molecule has 1 N–H and O–H groups in total. The molecule has 1 amide bonds. The molecule has 0 aliphatic rings. The monoisotopic (exact) mass is 277 g/mol. The van der Waals surface area contributed by atoms with Gasteiger partial charge < -0.3 is 10.2 Å². The van der Waals surface area contributed by atoms with Crippen molar-refractivity contribution in [3.63, 3.8) is 0 Å². The zero-order valence-corrected chi connectivity index (χ0v) is 13.6. The number of anilines is 1. The van der Waals surface area contributed by atoms with Crippen LogP contribution in [0.1, 0.15) is 57.1 Å². The van der Waals surface area contributed by atoms with E-state index in [0.29, 0.717) is 12.1 Å². The number of rotatable bonds is 5. The Kier molecular flexibility index (Phi) is 5.54. The third kappa shape index (κ3) is 4.22. The lowest BCUT2D eigenvalue weighted by Crippen LogP contribution is -2.27. The number of aromatic nitrogens is 1. The molecule has 0 aliphatic carbocycles. The minimum absolute atomic E-state index is 0.0416. The number of nitrogens with zero attached hydrogens (tertiary/aromatic N) is 2. The summed E-state index contributed by atoms with van der Waals surface area (Å²) < 4.78 is 0. The average Bonchev–Trinajstić information content (AvgIpc) is 2.42. The summed E-state index contributed by atoms with van der Waals surface area (Å²) in [6, 6.07) is 3.75. The van der Waals surface area contributed by atoms with Crippen molar-refractivity contribution >= 4 is 11.7 Å². The normalized spacial score (nSPS) is 11.3. The van der Waals surface area contributed by atoms with Gasteiger partial charge in [0.25, 0.3) is 5.91 Å². The number of amides is 1. The number of pyridine rings is 1. The van der Waals surface area contributed by atoms with Crippen LogP contribution < -0.4 is 5.32 Å². The van der Waals surface area contributed by atoms with E-state index in [4.69, 9.17) is 0 Å². The Labute approximate surface area is 122 Å². The standard InChI is InChI=1S/C16H27N3O/c1-7-9-17-14-11-12(15(20)19(6)8-2)10-13(18-14)16(3,4)5/h10-11H,7-9H2,1-6H3,(H,17,18). The molecule has 0 spiro atoms. The smallest absolute Gasteiger partial charge is 0.253 e. The molecule has 0 aliphatic heterocycles. The van der Waals surface area contributed by atoms with Crippen LogP contribution in [-0.2, 0) is 5.41 Å². The first kappa shape index (κ1) is 16.5. The molecule has 0 atom stereocenters. The molecule has 0 aromatic carbocycles. The van der Waals surface area contributed by atoms with Crippen molar-refractivity contribution in [3.8, 4) is 0 Å². The molecule has 1 rings (SSSR count). The van der Waals surface area contributed by atoms with Gasteiger partial charge in [0.2, 0.25) is 0 Å². The first-order valence-electron chi connectivity index (χ1n) is 7.31. The summed E-state index contributed by atoms with van der Waals surface area (Å²) in [6.07, 6.45) is 1.03. The predicted octanol–water partition coefficient (Wildman–Crippen LogP) is 3.29.